The zero-order valence-electron chi connectivity index (χ0n) is 61.7. The minimum Gasteiger partial charge on any atom is -0.481 e. The molecule has 0 bridgehead atoms. The highest BCUT2D eigenvalue weighted by Crippen LogP contribution is 2.29. The second-order valence-corrected chi connectivity index (χ2v) is 26.4. The lowest BCUT2D eigenvalue weighted by atomic mass is 9.92. The Kier molecular flexibility index (Phi) is 47.2. The number of carbonyl (C=O) groups is 11. The topological polar surface area (TPSA) is 550 Å². The summed E-state index contributed by atoms with van der Waals surface area (Å²) < 4.78 is 66.9. The molecule has 3 rings (SSSR count). The van der Waals surface area contributed by atoms with Gasteiger partial charge in [-0.1, -0.05) is 13.8 Å². The highest BCUT2D eigenvalue weighted by atomic mass is 16.7. The zero-order chi connectivity index (χ0) is 78.4. The van der Waals surface area contributed by atoms with Crippen molar-refractivity contribution < 1.29 is 145 Å². The lowest BCUT2D eigenvalue weighted by Crippen LogP contribution is -2.62. The number of aliphatic hydroxyl groups is 6. The molecule has 38 nitrogen and oxygen atoms in total. The summed E-state index contributed by atoms with van der Waals surface area (Å²) in [5.41, 5.74) is 4.46. The third kappa shape index (κ3) is 39.6. The zero-order valence-corrected chi connectivity index (χ0v) is 61.7. The molecule has 3 heterocycles. The molecule has 16 N–H and O–H groups in total. The molecule has 0 aromatic carbocycles. The van der Waals surface area contributed by atoms with Crippen molar-refractivity contribution in [1.29, 1.82) is 0 Å². The van der Waals surface area contributed by atoms with Crippen molar-refractivity contribution in [1.82, 2.24) is 37.2 Å². The molecule has 38 heteroatoms. The number of aliphatic hydroxyl groups excluding tert-OH is 6. The fraction of sp³-hybridized carbons (Fsp3) is 0.838. The molecule has 0 saturated carbocycles. The number of unbranched alkanes of at least 4 members (excludes halogenated alkanes) is 3. The number of aliphatic carboxylic acids is 1. The van der Waals surface area contributed by atoms with E-state index in [1.54, 1.807) is 13.8 Å². The van der Waals surface area contributed by atoms with Crippen LogP contribution in [0.3, 0.4) is 0 Å². The number of hydrogen-bond acceptors (Lipinski definition) is 30. The highest BCUT2D eigenvalue weighted by Gasteiger charge is 2.46. The molecule has 15 atom stereocenters. The number of esters is 3. The van der Waals surface area contributed by atoms with Crippen LogP contribution in [-0.2, 0) is 110 Å². The predicted octanol–water partition coefficient (Wildman–Crippen LogP) is -3.63. The molecule has 0 aromatic heterocycles. The van der Waals surface area contributed by atoms with E-state index >= 15 is 0 Å². The van der Waals surface area contributed by atoms with Crippen LogP contribution in [0.25, 0.3) is 0 Å². The van der Waals surface area contributed by atoms with E-state index in [1.165, 1.54) is 20.8 Å². The molecule has 0 aliphatic carbocycles. The van der Waals surface area contributed by atoms with Crippen LogP contribution in [0, 0.1) is 11.8 Å². The first-order chi connectivity index (χ1) is 50.5. The van der Waals surface area contributed by atoms with Gasteiger partial charge in [-0.3, -0.25) is 52.7 Å². The van der Waals surface area contributed by atoms with Crippen LogP contribution >= 0.6 is 0 Å². The Balaban J connectivity index is 1.47. The molecular formula is C68H118N8O30. The number of carboxylic acid groups (broad SMARTS) is 1. The summed E-state index contributed by atoms with van der Waals surface area (Å²) in [7, 11) is 0. The third-order valence-corrected chi connectivity index (χ3v) is 17.1. The number of nitrogens with two attached hydrogens (primary N) is 1. The Bertz CT molecular complexity index is 2390. The number of rotatable bonds is 56. The van der Waals surface area contributed by atoms with Crippen LogP contribution < -0.4 is 43.0 Å². The van der Waals surface area contributed by atoms with Gasteiger partial charge in [0.25, 0.3) is 0 Å². The first-order valence-corrected chi connectivity index (χ1v) is 36.4. The average Bonchev–Trinajstić information content (AvgIpc) is 0.832. The number of carbonyl (C=O) groups excluding carboxylic acids is 10. The van der Waals surface area contributed by atoms with Gasteiger partial charge < -0.3 is 136 Å². The molecule has 610 valence electrons. The quantitative estimate of drug-likeness (QED) is 0.0159. The van der Waals surface area contributed by atoms with Crippen LogP contribution in [0.1, 0.15) is 150 Å². The molecule has 7 amide bonds. The Morgan fingerprint density at radius 2 is 0.651 bits per heavy atom. The number of carboxylic acids is 1. The van der Waals surface area contributed by atoms with Gasteiger partial charge in [0.15, 0.2) is 18.9 Å². The summed E-state index contributed by atoms with van der Waals surface area (Å²) in [6.07, 6.45) is -10.1. The molecule has 106 heavy (non-hydrogen) atoms. The molecule has 3 fully saturated rings. The van der Waals surface area contributed by atoms with E-state index in [2.05, 4.69) is 37.2 Å². The Hall–Kier alpha value is -6.47. The average molecular weight is 1530 g/mol. The van der Waals surface area contributed by atoms with E-state index in [9.17, 15) is 88.5 Å². The normalized spacial score (nSPS) is 24.8. The van der Waals surface area contributed by atoms with Crippen LogP contribution in [0.2, 0.25) is 0 Å². The Morgan fingerprint density at radius 3 is 0.972 bits per heavy atom. The van der Waals surface area contributed by atoms with Crippen molar-refractivity contribution >= 4 is 65.2 Å². The first kappa shape index (κ1) is 93.7. The SMILES string of the molecule is CC(=O)OCC1O[C@@H](OCCCCC(=O)NCCCNC(=O)CCOCC(COCCC(=O)NCCCNC(=O)CCCCO[C@@H]2OC(COC(C)=O)[C@H](O)C(O)[C@@H]2C)(COCCC(=O)NCCCNC(=O)CCCCO[C@@H]2OC(COC(C)=O)[C@H](O)C(O)[C@@H]2N)NC(=O)CCCC(=O)O)[C@@H](C)C(O)[C@H]1O. The number of nitrogens with one attached hydrogen (secondary N) is 7. The Morgan fingerprint density at radius 1 is 0.358 bits per heavy atom. The first-order valence-electron chi connectivity index (χ1n) is 36.4. The maximum Gasteiger partial charge on any atom is 0.303 e. The van der Waals surface area contributed by atoms with Gasteiger partial charge >= 0.3 is 23.9 Å². The molecule has 0 spiro atoms. The molecule has 3 aliphatic rings. The van der Waals surface area contributed by atoms with Crippen molar-refractivity contribution in [3.8, 4) is 0 Å². The van der Waals surface area contributed by atoms with Crippen LogP contribution in [0.4, 0.5) is 0 Å². The summed E-state index contributed by atoms with van der Waals surface area (Å²) in [4.78, 5) is 135. The second kappa shape index (κ2) is 53.4. The van der Waals surface area contributed by atoms with Gasteiger partial charge in [0.05, 0.1) is 57.9 Å². The minimum atomic E-state index is -1.51. The largest absolute Gasteiger partial charge is 0.481 e. The highest BCUT2D eigenvalue weighted by molar-refractivity contribution is 5.79. The monoisotopic (exact) mass is 1530 g/mol. The maximum absolute atomic E-state index is 13.5. The number of ether oxygens (including phenoxy) is 12. The van der Waals surface area contributed by atoms with Gasteiger partial charge in [0.2, 0.25) is 41.4 Å². The number of hydrogen-bond donors (Lipinski definition) is 15. The van der Waals surface area contributed by atoms with Gasteiger partial charge in [-0.25, -0.2) is 0 Å². The lowest BCUT2D eigenvalue weighted by molar-refractivity contribution is -0.283. The third-order valence-electron chi connectivity index (χ3n) is 17.1. The van der Waals surface area contributed by atoms with Gasteiger partial charge in [0, 0.05) is 143 Å². The van der Waals surface area contributed by atoms with Crippen LogP contribution in [-0.4, -0.2) is 305 Å². The van der Waals surface area contributed by atoms with E-state index in [1.807, 2.05) is 0 Å². The van der Waals surface area contributed by atoms with Gasteiger partial charge in [0.1, 0.15) is 68.1 Å². The predicted molar refractivity (Wildman–Crippen MR) is 368 cm³/mol. The summed E-state index contributed by atoms with van der Waals surface area (Å²) >= 11 is 0. The summed E-state index contributed by atoms with van der Waals surface area (Å²) in [6, 6.07) is -1.07. The summed E-state index contributed by atoms with van der Waals surface area (Å²) in [5, 5.41) is 90.9. The molecule has 3 saturated heterocycles. The van der Waals surface area contributed by atoms with Crippen molar-refractivity contribution in [2.45, 2.75) is 236 Å². The van der Waals surface area contributed by atoms with Gasteiger partial charge in [-0.05, 0) is 64.2 Å². The van der Waals surface area contributed by atoms with Crippen LogP contribution in [0.15, 0.2) is 0 Å². The van der Waals surface area contributed by atoms with Crippen molar-refractivity contribution in [3.05, 3.63) is 0 Å². The van der Waals surface area contributed by atoms with Crippen molar-refractivity contribution in [2.75, 3.05) is 119 Å². The van der Waals surface area contributed by atoms with Gasteiger partial charge in [-0.2, -0.15) is 0 Å². The summed E-state index contributed by atoms with van der Waals surface area (Å²) in [6.45, 7) is 6.54. The number of amides is 7. The molecule has 0 aromatic rings. The minimum absolute atomic E-state index is 0.0199. The smallest absolute Gasteiger partial charge is 0.303 e. The molecule has 0 radical (unpaired) electrons. The lowest BCUT2D eigenvalue weighted by Gasteiger charge is -2.41. The van der Waals surface area contributed by atoms with Crippen LogP contribution in [0.5, 0.6) is 0 Å². The maximum atomic E-state index is 13.5. The molecule has 6 unspecified atom stereocenters. The van der Waals surface area contributed by atoms with E-state index in [0.717, 1.165) is 0 Å². The van der Waals surface area contributed by atoms with Crippen molar-refractivity contribution in [3.63, 3.8) is 0 Å². The molecule has 3 aliphatic heterocycles. The van der Waals surface area contributed by atoms with E-state index < -0.39 is 145 Å². The summed E-state index contributed by atoms with van der Waals surface area (Å²) in [5.74, 6) is -6.48. The molecular weight excluding hydrogens is 1410 g/mol. The fourth-order valence-corrected chi connectivity index (χ4v) is 10.8. The van der Waals surface area contributed by atoms with Crippen molar-refractivity contribution in [2.24, 2.45) is 17.6 Å². The van der Waals surface area contributed by atoms with E-state index in [4.69, 9.17) is 62.6 Å². The second-order valence-electron chi connectivity index (χ2n) is 26.4. The van der Waals surface area contributed by atoms with Gasteiger partial charge in [-0.15, -0.1) is 0 Å². The standard InChI is InChI=1S/C68H118N8O30/c1-42-59(89)61(91)47(36-101-44(3)77)104-65(42)98-30-9-6-16-50(80)70-24-13-27-73-53(83)21-33-95-39-68(76-56(86)19-12-20-57(87)88,40-96-34-22-54(84)74-28-14-25-71-51(81)17-7-10-31-99-66-43(2)60(90)62(92)48(105-66)37-102-45(4)78)41-97-35-23-55(85)75-29-15-26-72-52(82)18-8-11-32-100-67-58(69)64(94)63(93)49(106-67)38-103-46(5)79/h42-43,47-49,58-67,89-94H,6-41,69H2,1-5H3,(H,70,80)(H,71,81)(H,72,82)(H,73,83)(H,74,84)(H,75,85)(H,76,86)(H,87,88)/t42-,43-,47?,48?,49?,58-,59?,60?,61-,62-,63-,64?,65+,66+,67+,68?/m0/s1. The van der Waals surface area contributed by atoms with E-state index in [0.29, 0.717) is 57.8 Å². The van der Waals surface area contributed by atoms with E-state index in [-0.39, 0.29) is 194 Å². The Labute approximate surface area is 617 Å². The fourth-order valence-electron chi connectivity index (χ4n) is 10.8.